The molecule has 6 nitrogen and oxygen atoms in total. The first-order valence-corrected chi connectivity index (χ1v) is 11.5. The lowest BCUT2D eigenvalue weighted by Crippen LogP contribution is -2.15. The number of thioether (sulfide) groups is 1. The summed E-state index contributed by atoms with van der Waals surface area (Å²) in [6, 6.07) is 9.05. The summed E-state index contributed by atoms with van der Waals surface area (Å²) in [6.45, 7) is 5.96. The van der Waals surface area contributed by atoms with E-state index in [4.69, 9.17) is 39.5 Å². The number of rotatable bonds is 7. The first-order valence-electron chi connectivity index (χ1n) is 9.35. The second-order valence-electron chi connectivity index (χ2n) is 7.07. The Morgan fingerprint density at radius 3 is 2.39 bits per heavy atom. The van der Waals surface area contributed by atoms with Crippen molar-refractivity contribution < 1.29 is 9.53 Å². The Hall–Kier alpha value is -1.93. The molecule has 31 heavy (non-hydrogen) atoms. The fraction of sp³-hybridized carbons (Fsp3) is 0.286. The van der Waals surface area contributed by atoms with Crippen LogP contribution in [-0.4, -0.2) is 26.4 Å². The Labute approximate surface area is 200 Å². The second-order valence-corrected chi connectivity index (χ2v) is 9.23. The van der Waals surface area contributed by atoms with Crippen LogP contribution in [0.3, 0.4) is 0 Å². The SMILES string of the molecule is Cc1cc(C)cc(OC(C)c2nnc(SCC(=O)Nc3cc(Cl)c(Cl)cc3Cl)n2C)c1. The molecule has 3 rings (SSSR count). The average Bonchev–Trinajstić information content (AvgIpc) is 3.04. The number of amides is 1. The summed E-state index contributed by atoms with van der Waals surface area (Å²) in [4.78, 5) is 12.3. The highest BCUT2D eigenvalue weighted by Gasteiger charge is 2.19. The van der Waals surface area contributed by atoms with Crippen molar-refractivity contribution in [2.75, 3.05) is 11.1 Å². The van der Waals surface area contributed by atoms with Gasteiger partial charge in [0.25, 0.3) is 0 Å². The Morgan fingerprint density at radius 1 is 1.06 bits per heavy atom. The van der Waals surface area contributed by atoms with E-state index in [1.165, 1.54) is 23.9 Å². The molecular weight excluding hydrogens is 479 g/mol. The van der Waals surface area contributed by atoms with E-state index in [-0.39, 0.29) is 17.8 Å². The van der Waals surface area contributed by atoms with Crippen LogP contribution in [0.4, 0.5) is 5.69 Å². The topological polar surface area (TPSA) is 69.0 Å². The van der Waals surface area contributed by atoms with Gasteiger partial charge in [-0.1, -0.05) is 52.6 Å². The quantitative estimate of drug-likeness (QED) is 0.307. The number of hydrogen-bond donors (Lipinski definition) is 1. The molecule has 164 valence electrons. The van der Waals surface area contributed by atoms with Crippen molar-refractivity contribution in [2.45, 2.75) is 32.0 Å². The number of aryl methyl sites for hydroxylation is 2. The first kappa shape index (κ1) is 23.7. The van der Waals surface area contributed by atoms with Gasteiger partial charge in [0, 0.05) is 7.05 Å². The summed E-state index contributed by atoms with van der Waals surface area (Å²) in [6.07, 6.45) is -0.308. The average molecular weight is 500 g/mol. The normalized spacial score (nSPS) is 12.0. The summed E-state index contributed by atoms with van der Waals surface area (Å²) in [5, 5.41) is 12.7. The van der Waals surface area contributed by atoms with Crippen LogP contribution in [0.2, 0.25) is 15.1 Å². The first-order chi connectivity index (χ1) is 14.6. The number of nitrogens with one attached hydrogen (secondary N) is 1. The number of halogens is 3. The van der Waals surface area contributed by atoms with Crippen molar-refractivity contribution in [2.24, 2.45) is 7.05 Å². The zero-order valence-corrected chi connectivity index (χ0v) is 20.5. The van der Waals surface area contributed by atoms with E-state index in [1.54, 1.807) is 0 Å². The van der Waals surface area contributed by atoms with E-state index in [1.807, 2.05) is 44.5 Å². The minimum Gasteiger partial charge on any atom is -0.483 e. The highest BCUT2D eigenvalue weighted by atomic mass is 35.5. The predicted molar refractivity (Wildman–Crippen MR) is 127 cm³/mol. The molecule has 0 aliphatic carbocycles. The maximum absolute atomic E-state index is 12.3. The third-order valence-electron chi connectivity index (χ3n) is 4.36. The molecule has 1 aromatic heterocycles. The zero-order valence-electron chi connectivity index (χ0n) is 17.4. The minimum atomic E-state index is -0.308. The van der Waals surface area contributed by atoms with Crippen LogP contribution in [0, 0.1) is 13.8 Å². The highest BCUT2D eigenvalue weighted by molar-refractivity contribution is 7.99. The molecule has 1 amide bonds. The van der Waals surface area contributed by atoms with E-state index in [9.17, 15) is 4.79 Å². The van der Waals surface area contributed by atoms with Crippen molar-refractivity contribution in [3.8, 4) is 5.75 Å². The molecule has 0 aliphatic heterocycles. The predicted octanol–water partition coefficient (Wildman–Crippen LogP) is 6.26. The number of carbonyl (C=O) groups is 1. The van der Waals surface area contributed by atoms with Gasteiger partial charge in [-0.15, -0.1) is 10.2 Å². The third-order valence-corrected chi connectivity index (χ3v) is 6.41. The van der Waals surface area contributed by atoms with Crippen molar-refractivity contribution in [3.05, 3.63) is 62.4 Å². The van der Waals surface area contributed by atoms with Crippen molar-refractivity contribution in [3.63, 3.8) is 0 Å². The van der Waals surface area contributed by atoms with Gasteiger partial charge in [-0.25, -0.2) is 0 Å². The van der Waals surface area contributed by atoms with Gasteiger partial charge in [-0.2, -0.15) is 0 Å². The van der Waals surface area contributed by atoms with Gasteiger partial charge in [0.05, 0.1) is 26.5 Å². The Morgan fingerprint density at radius 2 is 1.71 bits per heavy atom. The van der Waals surface area contributed by atoms with E-state index in [0.29, 0.717) is 31.7 Å². The summed E-state index contributed by atoms with van der Waals surface area (Å²) >= 11 is 19.3. The summed E-state index contributed by atoms with van der Waals surface area (Å²) in [7, 11) is 1.84. The number of anilines is 1. The molecule has 0 spiro atoms. The van der Waals surface area contributed by atoms with Gasteiger partial charge < -0.3 is 14.6 Å². The van der Waals surface area contributed by atoms with Gasteiger partial charge >= 0.3 is 0 Å². The number of hydrogen-bond acceptors (Lipinski definition) is 5. The molecule has 1 N–H and O–H groups in total. The second kappa shape index (κ2) is 10.1. The lowest BCUT2D eigenvalue weighted by Gasteiger charge is -2.15. The smallest absolute Gasteiger partial charge is 0.234 e. The molecule has 2 aromatic carbocycles. The largest absolute Gasteiger partial charge is 0.483 e. The van der Waals surface area contributed by atoms with Crippen molar-refractivity contribution >= 4 is 58.2 Å². The zero-order chi connectivity index (χ0) is 22.7. The van der Waals surface area contributed by atoms with E-state index in [2.05, 4.69) is 21.6 Å². The fourth-order valence-corrected chi connectivity index (χ4v) is 4.31. The van der Waals surface area contributed by atoms with Crippen LogP contribution in [-0.2, 0) is 11.8 Å². The standard InChI is InChI=1S/C21H21Cl3N4O2S/c1-11-5-12(2)7-14(6-11)30-13(3)20-26-27-21(28(20)4)31-10-19(29)25-18-9-16(23)15(22)8-17(18)24/h5-9,13H,10H2,1-4H3,(H,25,29). The molecule has 1 unspecified atom stereocenters. The Balaban J connectivity index is 1.62. The number of carbonyl (C=O) groups excluding carboxylic acids is 1. The summed E-state index contributed by atoms with van der Waals surface area (Å²) in [5.74, 6) is 1.30. The summed E-state index contributed by atoms with van der Waals surface area (Å²) in [5.41, 5.74) is 2.66. The fourth-order valence-electron chi connectivity index (χ4n) is 3.00. The molecule has 0 saturated heterocycles. The monoisotopic (exact) mass is 498 g/mol. The van der Waals surface area contributed by atoms with E-state index in [0.717, 1.165) is 16.9 Å². The third kappa shape index (κ3) is 6.07. The van der Waals surface area contributed by atoms with Gasteiger partial charge in [0.2, 0.25) is 5.91 Å². The van der Waals surface area contributed by atoms with E-state index < -0.39 is 0 Å². The molecular formula is C21H21Cl3N4O2S. The van der Waals surface area contributed by atoms with Gasteiger partial charge in [-0.05, 0) is 56.2 Å². The van der Waals surface area contributed by atoms with Crippen LogP contribution >= 0.6 is 46.6 Å². The van der Waals surface area contributed by atoms with Crippen LogP contribution in [0.25, 0.3) is 0 Å². The Kier molecular flexibility index (Phi) is 7.75. The van der Waals surface area contributed by atoms with Crippen molar-refractivity contribution in [1.82, 2.24) is 14.8 Å². The lowest BCUT2D eigenvalue weighted by atomic mass is 10.1. The maximum atomic E-state index is 12.3. The van der Waals surface area contributed by atoms with Gasteiger partial charge in [0.15, 0.2) is 17.1 Å². The molecule has 0 saturated carbocycles. The minimum absolute atomic E-state index is 0.120. The van der Waals surface area contributed by atoms with Crippen molar-refractivity contribution in [1.29, 1.82) is 0 Å². The van der Waals surface area contributed by atoms with Gasteiger partial charge in [-0.3, -0.25) is 4.79 Å². The molecule has 3 aromatic rings. The van der Waals surface area contributed by atoms with Crippen LogP contribution < -0.4 is 10.1 Å². The lowest BCUT2D eigenvalue weighted by molar-refractivity contribution is -0.113. The molecule has 0 aliphatic rings. The van der Waals surface area contributed by atoms with Gasteiger partial charge in [0.1, 0.15) is 5.75 Å². The number of ether oxygens (including phenoxy) is 1. The van der Waals surface area contributed by atoms with E-state index >= 15 is 0 Å². The summed E-state index contributed by atoms with van der Waals surface area (Å²) < 4.78 is 7.86. The van der Waals surface area contributed by atoms with Crippen LogP contribution in [0.15, 0.2) is 35.5 Å². The molecule has 0 radical (unpaired) electrons. The maximum Gasteiger partial charge on any atom is 0.234 e. The molecule has 10 heteroatoms. The molecule has 1 atom stereocenters. The number of nitrogens with zero attached hydrogens (tertiary/aromatic N) is 3. The molecule has 0 fully saturated rings. The number of benzene rings is 2. The highest BCUT2D eigenvalue weighted by Crippen LogP contribution is 2.32. The Bertz CT molecular complexity index is 1100. The number of aromatic nitrogens is 3. The van der Waals surface area contributed by atoms with Crippen LogP contribution in [0.5, 0.6) is 5.75 Å². The van der Waals surface area contributed by atoms with Crippen LogP contribution in [0.1, 0.15) is 30.0 Å². The molecule has 0 bridgehead atoms. The molecule has 1 heterocycles.